The molecule has 0 aliphatic carbocycles. The Kier molecular flexibility index (Phi) is 5.61. The molecular formula is C16H17BrN2O5. The first-order valence-corrected chi connectivity index (χ1v) is 8.11. The van der Waals surface area contributed by atoms with E-state index in [-0.39, 0.29) is 5.76 Å². The van der Waals surface area contributed by atoms with Gasteiger partial charge in [0, 0.05) is 22.0 Å². The van der Waals surface area contributed by atoms with Crippen LogP contribution in [0.4, 0.5) is 4.79 Å². The minimum atomic E-state index is -1.14. The van der Waals surface area contributed by atoms with Crippen LogP contribution in [0.15, 0.2) is 27.1 Å². The maximum Gasteiger partial charge on any atom is 0.375 e. The fraction of sp³-hybridized carbons (Fsp3) is 0.312. The van der Waals surface area contributed by atoms with E-state index in [1.807, 2.05) is 6.07 Å². The summed E-state index contributed by atoms with van der Waals surface area (Å²) in [4.78, 5) is 35.4. The molecule has 0 saturated heterocycles. The number of aryl methyl sites for hydroxylation is 1. The molecule has 0 radical (unpaired) electrons. The zero-order valence-electron chi connectivity index (χ0n) is 13.4. The summed E-state index contributed by atoms with van der Waals surface area (Å²) in [7, 11) is 0. The van der Waals surface area contributed by atoms with Gasteiger partial charge >= 0.3 is 12.0 Å². The number of hydrogen-bond acceptors (Lipinski definition) is 5. The number of nitrogens with one attached hydrogen (secondary N) is 2. The van der Waals surface area contributed by atoms with Gasteiger partial charge in [-0.05, 0) is 39.0 Å². The maximum atomic E-state index is 12.2. The molecule has 24 heavy (non-hydrogen) atoms. The second-order valence-electron chi connectivity index (χ2n) is 5.09. The molecule has 2 rings (SSSR count). The van der Waals surface area contributed by atoms with Crippen LogP contribution in [0.3, 0.4) is 0 Å². The van der Waals surface area contributed by atoms with Crippen molar-refractivity contribution in [2.45, 2.75) is 26.9 Å². The minimum Gasteiger partial charge on any atom is -0.449 e. The Hall–Kier alpha value is -2.35. The van der Waals surface area contributed by atoms with Crippen LogP contribution in [0.25, 0.3) is 11.0 Å². The van der Waals surface area contributed by atoms with E-state index in [9.17, 15) is 14.4 Å². The van der Waals surface area contributed by atoms with Crippen LogP contribution < -0.4 is 10.6 Å². The Morgan fingerprint density at radius 1 is 1.33 bits per heavy atom. The molecule has 0 saturated carbocycles. The molecule has 7 nitrogen and oxygen atoms in total. The van der Waals surface area contributed by atoms with Crippen LogP contribution in [-0.2, 0) is 9.53 Å². The second kappa shape index (κ2) is 7.48. The molecule has 2 N–H and O–H groups in total. The third kappa shape index (κ3) is 3.94. The van der Waals surface area contributed by atoms with Crippen LogP contribution in [-0.4, -0.2) is 30.6 Å². The van der Waals surface area contributed by atoms with Crippen molar-refractivity contribution in [2.24, 2.45) is 0 Å². The Labute approximate surface area is 146 Å². The highest BCUT2D eigenvalue weighted by Crippen LogP contribution is 2.28. The normalized spacial score (nSPS) is 11.8. The van der Waals surface area contributed by atoms with Crippen molar-refractivity contribution in [1.82, 2.24) is 10.6 Å². The average Bonchev–Trinajstić information content (AvgIpc) is 2.84. The average molecular weight is 397 g/mol. The molecule has 0 fully saturated rings. The van der Waals surface area contributed by atoms with E-state index in [0.29, 0.717) is 17.7 Å². The van der Waals surface area contributed by atoms with E-state index < -0.39 is 24.0 Å². The highest BCUT2D eigenvalue weighted by Gasteiger charge is 2.25. The van der Waals surface area contributed by atoms with Gasteiger partial charge in [0.05, 0.1) is 0 Å². The summed E-state index contributed by atoms with van der Waals surface area (Å²) in [5, 5.41) is 5.27. The molecular weight excluding hydrogens is 380 g/mol. The number of amides is 3. The molecule has 1 atom stereocenters. The van der Waals surface area contributed by atoms with Crippen molar-refractivity contribution in [3.63, 3.8) is 0 Å². The van der Waals surface area contributed by atoms with Crippen molar-refractivity contribution in [3.05, 3.63) is 34.0 Å². The van der Waals surface area contributed by atoms with Crippen LogP contribution >= 0.6 is 15.9 Å². The molecule has 0 spiro atoms. The number of fused-ring (bicyclic) bond motifs is 1. The van der Waals surface area contributed by atoms with Gasteiger partial charge in [0.2, 0.25) is 5.76 Å². The van der Waals surface area contributed by atoms with Gasteiger partial charge in [-0.3, -0.25) is 10.1 Å². The van der Waals surface area contributed by atoms with Crippen molar-refractivity contribution >= 4 is 44.8 Å². The fourth-order valence-electron chi connectivity index (χ4n) is 2.07. The summed E-state index contributed by atoms with van der Waals surface area (Å²) >= 11 is 3.36. The number of benzene rings is 1. The lowest BCUT2D eigenvalue weighted by atomic mass is 10.1. The topological polar surface area (TPSA) is 97.6 Å². The van der Waals surface area contributed by atoms with E-state index >= 15 is 0 Å². The molecule has 0 bridgehead atoms. The minimum absolute atomic E-state index is 0.0285. The van der Waals surface area contributed by atoms with E-state index in [4.69, 9.17) is 9.15 Å². The van der Waals surface area contributed by atoms with Crippen LogP contribution in [0.1, 0.15) is 30.0 Å². The van der Waals surface area contributed by atoms with Gasteiger partial charge in [0.15, 0.2) is 6.10 Å². The number of carbonyl (C=O) groups is 3. The summed E-state index contributed by atoms with van der Waals surface area (Å²) in [6.45, 7) is 5.20. The molecule has 0 unspecified atom stereocenters. The molecule has 1 aromatic heterocycles. The summed E-state index contributed by atoms with van der Waals surface area (Å²) < 4.78 is 11.4. The Morgan fingerprint density at radius 2 is 2.04 bits per heavy atom. The Bertz CT molecular complexity index is 799. The van der Waals surface area contributed by atoms with Crippen molar-refractivity contribution < 1.29 is 23.5 Å². The number of urea groups is 1. The highest BCUT2D eigenvalue weighted by molar-refractivity contribution is 9.10. The SMILES string of the molecule is CCNC(=O)NC(=O)[C@H](C)OC(=O)c1oc2ccc(Br)cc2c1C. The predicted octanol–water partition coefficient (Wildman–Crippen LogP) is 2.89. The summed E-state index contributed by atoms with van der Waals surface area (Å²) in [6, 6.07) is 4.71. The monoisotopic (exact) mass is 396 g/mol. The number of rotatable bonds is 4. The quantitative estimate of drug-likeness (QED) is 0.774. The standard InChI is InChI=1S/C16H17BrN2O5/c1-4-18-16(22)19-14(20)9(3)23-15(21)13-8(2)11-7-10(17)5-6-12(11)24-13/h5-7,9H,4H2,1-3H3,(H2,18,19,20,22)/t9-/m0/s1. The highest BCUT2D eigenvalue weighted by atomic mass is 79.9. The first-order valence-electron chi connectivity index (χ1n) is 7.31. The van der Waals surface area contributed by atoms with Gasteiger partial charge in [-0.15, -0.1) is 0 Å². The first kappa shape index (κ1) is 18.0. The number of imide groups is 1. The molecule has 8 heteroatoms. The van der Waals surface area contributed by atoms with Crippen molar-refractivity contribution in [3.8, 4) is 0 Å². The van der Waals surface area contributed by atoms with E-state index in [0.717, 1.165) is 9.86 Å². The number of carbonyl (C=O) groups excluding carboxylic acids is 3. The smallest absolute Gasteiger partial charge is 0.375 e. The number of ether oxygens (including phenoxy) is 1. The number of furan rings is 1. The number of esters is 1. The molecule has 2 aromatic rings. The van der Waals surface area contributed by atoms with Crippen LogP contribution in [0.2, 0.25) is 0 Å². The molecule has 1 aromatic carbocycles. The molecule has 0 aliphatic rings. The maximum absolute atomic E-state index is 12.2. The van der Waals surface area contributed by atoms with E-state index in [1.165, 1.54) is 6.92 Å². The van der Waals surface area contributed by atoms with Gasteiger partial charge in [0.1, 0.15) is 5.58 Å². The molecule has 0 aliphatic heterocycles. The summed E-state index contributed by atoms with van der Waals surface area (Å²) in [5.41, 5.74) is 1.16. The van der Waals surface area contributed by atoms with Crippen molar-refractivity contribution in [1.29, 1.82) is 0 Å². The van der Waals surface area contributed by atoms with E-state index in [1.54, 1.807) is 26.0 Å². The summed E-state index contributed by atoms with van der Waals surface area (Å²) in [6.07, 6.45) is -1.14. The van der Waals surface area contributed by atoms with Gasteiger partial charge in [-0.1, -0.05) is 15.9 Å². The zero-order valence-corrected chi connectivity index (χ0v) is 15.0. The third-order valence-electron chi connectivity index (χ3n) is 3.31. The van der Waals surface area contributed by atoms with Gasteiger partial charge < -0.3 is 14.5 Å². The van der Waals surface area contributed by atoms with E-state index in [2.05, 4.69) is 26.6 Å². The second-order valence-corrected chi connectivity index (χ2v) is 6.01. The molecule has 128 valence electrons. The first-order chi connectivity index (χ1) is 11.3. The zero-order chi connectivity index (χ0) is 17.9. The van der Waals surface area contributed by atoms with Crippen LogP contribution in [0.5, 0.6) is 0 Å². The molecule has 3 amide bonds. The lowest BCUT2D eigenvalue weighted by molar-refractivity contribution is -0.128. The number of halogens is 1. The lowest BCUT2D eigenvalue weighted by Crippen LogP contribution is -2.44. The Morgan fingerprint density at radius 3 is 2.71 bits per heavy atom. The van der Waals surface area contributed by atoms with Crippen molar-refractivity contribution in [2.75, 3.05) is 6.54 Å². The van der Waals surface area contributed by atoms with Gasteiger partial charge in [-0.25, -0.2) is 9.59 Å². The van der Waals surface area contributed by atoms with Gasteiger partial charge in [0.25, 0.3) is 5.91 Å². The number of hydrogen-bond donors (Lipinski definition) is 2. The third-order valence-corrected chi connectivity index (χ3v) is 3.80. The predicted molar refractivity (Wildman–Crippen MR) is 90.7 cm³/mol. The fourth-order valence-corrected chi connectivity index (χ4v) is 2.43. The van der Waals surface area contributed by atoms with Gasteiger partial charge in [-0.2, -0.15) is 0 Å². The Balaban J connectivity index is 2.10. The lowest BCUT2D eigenvalue weighted by Gasteiger charge is -2.12. The summed E-state index contributed by atoms with van der Waals surface area (Å²) in [5.74, 6) is -1.45. The largest absolute Gasteiger partial charge is 0.449 e. The van der Waals surface area contributed by atoms with Crippen LogP contribution in [0, 0.1) is 6.92 Å². The molecule has 1 heterocycles.